The van der Waals surface area contributed by atoms with Crippen LogP contribution in [0.5, 0.6) is 0 Å². The van der Waals surface area contributed by atoms with Crippen LogP contribution in [-0.4, -0.2) is 36.3 Å². The van der Waals surface area contributed by atoms with Gasteiger partial charge in [0, 0.05) is 16.7 Å². The van der Waals surface area contributed by atoms with Crippen molar-refractivity contribution in [1.29, 1.82) is 0 Å². The van der Waals surface area contributed by atoms with E-state index in [9.17, 15) is 14.0 Å². The molecule has 2 N–H and O–H groups in total. The Morgan fingerprint density at radius 1 is 1.07 bits per heavy atom. The van der Waals surface area contributed by atoms with Crippen LogP contribution in [0.1, 0.15) is 18.1 Å². The number of nitrogens with zero attached hydrogens (tertiary/aromatic N) is 1. The molecule has 144 valence electrons. The summed E-state index contributed by atoms with van der Waals surface area (Å²) in [6, 6.07) is 11.6. The van der Waals surface area contributed by atoms with E-state index in [0.717, 1.165) is 21.3 Å². The average molecular weight is 436 g/mol. The van der Waals surface area contributed by atoms with Gasteiger partial charge in [0.1, 0.15) is 5.82 Å². The summed E-state index contributed by atoms with van der Waals surface area (Å²) in [5.41, 5.74) is 2.52. The number of nitrogens with one attached hydrogen (secondary N) is 2. The molecule has 2 aromatic carbocycles. The molecule has 27 heavy (non-hydrogen) atoms. The van der Waals surface area contributed by atoms with Gasteiger partial charge in [0.2, 0.25) is 11.8 Å². The van der Waals surface area contributed by atoms with Crippen molar-refractivity contribution in [1.82, 2.24) is 10.2 Å². The molecule has 2 aromatic rings. The molecule has 7 heteroatoms. The lowest BCUT2D eigenvalue weighted by Crippen LogP contribution is -2.40. The summed E-state index contributed by atoms with van der Waals surface area (Å²) in [5, 5.41) is 5.65. The quantitative estimate of drug-likeness (QED) is 0.667. The van der Waals surface area contributed by atoms with Gasteiger partial charge in [0.25, 0.3) is 0 Å². The lowest BCUT2D eigenvalue weighted by atomic mass is 10.2. The van der Waals surface area contributed by atoms with Gasteiger partial charge in [-0.05, 0) is 54.9 Å². The fourth-order valence-electron chi connectivity index (χ4n) is 2.50. The number of hydrogen-bond acceptors (Lipinski definition) is 3. The summed E-state index contributed by atoms with van der Waals surface area (Å²) >= 11 is 3.39. The number of aryl methyl sites for hydroxylation is 1. The first-order valence-corrected chi connectivity index (χ1v) is 9.46. The van der Waals surface area contributed by atoms with Crippen LogP contribution >= 0.6 is 15.9 Å². The predicted octanol–water partition coefficient (Wildman–Crippen LogP) is 3.47. The third-order valence-corrected chi connectivity index (χ3v) is 4.54. The number of hydrogen-bond donors (Lipinski definition) is 2. The number of halogens is 2. The Kier molecular flexibility index (Phi) is 7.94. The highest BCUT2D eigenvalue weighted by atomic mass is 79.9. The van der Waals surface area contributed by atoms with E-state index in [2.05, 4.69) is 26.6 Å². The zero-order valence-electron chi connectivity index (χ0n) is 15.4. The fourth-order valence-corrected chi connectivity index (χ4v) is 2.98. The molecule has 0 saturated carbocycles. The molecule has 5 nitrogen and oxygen atoms in total. The van der Waals surface area contributed by atoms with Gasteiger partial charge < -0.3 is 10.6 Å². The maximum Gasteiger partial charge on any atom is 0.238 e. The SMILES string of the molecule is CCN(CC(=O)NCc1ccc(F)cc1)CC(=O)Nc1ccc(Br)cc1C. The smallest absolute Gasteiger partial charge is 0.238 e. The van der Waals surface area contributed by atoms with E-state index < -0.39 is 0 Å². The van der Waals surface area contributed by atoms with Crippen LogP contribution < -0.4 is 10.6 Å². The maximum atomic E-state index is 12.9. The van der Waals surface area contributed by atoms with E-state index in [-0.39, 0.29) is 30.7 Å². The van der Waals surface area contributed by atoms with E-state index in [1.165, 1.54) is 12.1 Å². The Hall–Kier alpha value is -2.25. The summed E-state index contributed by atoms with van der Waals surface area (Å²) in [7, 11) is 0. The molecule has 0 radical (unpaired) electrons. The number of likely N-dealkylation sites (N-methyl/N-ethyl adjacent to an activating group) is 1. The van der Waals surface area contributed by atoms with Gasteiger partial charge in [-0.3, -0.25) is 14.5 Å². The normalized spacial score (nSPS) is 10.7. The summed E-state index contributed by atoms with van der Waals surface area (Å²) < 4.78 is 13.8. The molecule has 0 heterocycles. The Labute approximate surface area is 167 Å². The minimum atomic E-state index is -0.311. The topological polar surface area (TPSA) is 61.4 Å². The third kappa shape index (κ3) is 7.11. The van der Waals surface area contributed by atoms with Crippen molar-refractivity contribution in [3.63, 3.8) is 0 Å². The van der Waals surface area contributed by atoms with Gasteiger partial charge in [0.05, 0.1) is 13.1 Å². The average Bonchev–Trinajstić information content (AvgIpc) is 2.63. The standard InChI is InChI=1S/C20H23BrFN3O2/c1-3-25(12-19(26)23-11-15-4-7-17(22)8-5-15)13-20(27)24-18-9-6-16(21)10-14(18)2/h4-10H,3,11-13H2,1-2H3,(H,23,26)(H,24,27). The molecule has 0 aromatic heterocycles. The molecule has 0 bridgehead atoms. The molecule has 0 fully saturated rings. The first-order chi connectivity index (χ1) is 12.9. The van der Waals surface area contributed by atoms with Crippen LogP contribution in [0.2, 0.25) is 0 Å². The summed E-state index contributed by atoms with van der Waals surface area (Å²) in [6.07, 6.45) is 0. The van der Waals surface area contributed by atoms with Crippen molar-refractivity contribution in [2.75, 3.05) is 25.0 Å². The fraction of sp³-hybridized carbons (Fsp3) is 0.300. The molecule has 0 aliphatic rings. The summed E-state index contributed by atoms with van der Waals surface area (Å²) in [4.78, 5) is 26.2. The Morgan fingerprint density at radius 2 is 1.74 bits per heavy atom. The number of benzene rings is 2. The van der Waals surface area contributed by atoms with Crippen molar-refractivity contribution in [3.8, 4) is 0 Å². The zero-order valence-corrected chi connectivity index (χ0v) is 17.0. The van der Waals surface area contributed by atoms with Crippen LogP contribution in [-0.2, 0) is 16.1 Å². The van der Waals surface area contributed by atoms with Crippen LogP contribution in [0.3, 0.4) is 0 Å². The number of carbonyl (C=O) groups excluding carboxylic acids is 2. The van der Waals surface area contributed by atoms with Crippen LogP contribution in [0.15, 0.2) is 46.9 Å². The second kappa shape index (κ2) is 10.2. The molecular weight excluding hydrogens is 413 g/mol. The highest BCUT2D eigenvalue weighted by Crippen LogP contribution is 2.19. The second-order valence-corrected chi connectivity index (χ2v) is 7.13. The Morgan fingerprint density at radius 3 is 2.37 bits per heavy atom. The number of carbonyl (C=O) groups is 2. The molecule has 0 aliphatic carbocycles. The van der Waals surface area contributed by atoms with Crippen LogP contribution in [0.25, 0.3) is 0 Å². The van der Waals surface area contributed by atoms with Gasteiger partial charge in [-0.25, -0.2) is 4.39 Å². The molecule has 0 unspecified atom stereocenters. The van der Waals surface area contributed by atoms with E-state index in [0.29, 0.717) is 13.1 Å². The Balaban J connectivity index is 1.82. The van der Waals surface area contributed by atoms with Crippen LogP contribution in [0.4, 0.5) is 10.1 Å². The minimum Gasteiger partial charge on any atom is -0.351 e. The zero-order chi connectivity index (χ0) is 19.8. The molecule has 2 rings (SSSR count). The van der Waals surface area contributed by atoms with Gasteiger partial charge in [-0.2, -0.15) is 0 Å². The largest absolute Gasteiger partial charge is 0.351 e. The van der Waals surface area contributed by atoms with E-state index in [4.69, 9.17) is 0 Å². The first kappa shape index (κ1) is 21.1. The van der Waals surface area contributed by atoms with Gasteiger partial charge in [-0.15, -0.1) is 0 Å². The van der Waals surface area contributed by atoms with Gasteiger partial charge in [0.15, 0.2) is 0 Å². The molecule has 0 saturated heterocycles. The molecule has 2 amide bonds. The van der Waals surface area contributed by atoms with Crippen molar-refractivity contribution in [2.45, 2.75) is 20.4 Å². The third-order valence-electron chi connectivity index (χ3n) is 4.05. The maximum absolute atomic E-state index is 12.9. The number of anilines is 1. The van der Waals surface area contributed by atoms with Crippen molar-refractivity contribution >= 4 is 33.4 Å². The van der Waals surface area contributed by atoms with E-state index in [1.54, 1.807) is 17.0 Å². The highest BCUT2D eigenvalue weighted by molar-refractivity contribution is 9.10. The van der Waals surface area contributed by atoms with Crippen molar-refractivity contribution in [3.05, 3.63) is 63.9 Å². The predicted molar refractivity (Wildman–Crippen MR) is 108 cm³/mol. The molecule has 0 spiro atoms. The minimum absolute atomic E-state index is 0.116. The second-order valence-electron chi connectivity index (χ2n) is 6.21. The highest BCUT2D eigenvalue weighted by Gasteiger charge is 2.14. The van der Waals surface area contributed by atoms with Crippen molar-refractivity contribution < 1.29 is 14.0 Å². The number of amides is 2. The van der Waals surface area contributed by atoms with E-state index >= 15 is 0 Å². The monoisotopic (exact) mass is 435 g/mol. The molecule has 0 aliphatic heterocycles. The van der Waals surface area contributed by atoms with Gasteiger partial charge >= 0.3 is 0 Å². The lowest BCUT2D eigenvalue weighted by Gasteiger charge is -2.19. The summed E-state index contributed by atoms with van der Waals surface area (Å²) in [5.74, 6) is -0.670. The summed E-state index contributed by atoms with van der Waals surface area (Å²) in [6.45, 7) is 4.93. The molecular formula is C20H23BrFN3O2. The van der Waals surface area contributed by atoms with Gasteiger partial charge in [-0.1, -0.05) is 35.0 Å². The molecule has 0 atom stereocenters. The Bertz CT molecular complexity index is 796. The van der Waals surface area contributed by atoms with E-state index in [1.807, 2.05) is 32.0 Å². The number of rotatable bonds is 8. The van der Waals surface area contributed by atoms with Crippen LogP contribution in [0, 0.1) is 12.7 Å². The first-order valence-electron chi connectivity index (χ1n) is 8.67. The van der Waals surface area contributed by atoms with Crippen molar-refractivity contribution in [2.24, 2.45) is 0 Å². The lowest BCUT2D eigenvalue weighted by molar-refractivity contribution is -0.123.